The van der Waals surface area contributed by atoms with Crippen molar-refractivity contribution >= 4 is 15.9 Å². The van der Waals surface area contributed by atoms with Crippen molar-refractivity contribution < 1.29 is 12.9 Å². The number of alkyl halides is 2. The Kier molecular flexibility index (Phi) is 1.35. The van der Waals surface area contributed by atoms with Gasteiger partial charge in [-0.05, 0) is 28.1 Å². The molecule has 4 heteroatoms. The fraction of sp³-hybridized carbons (Fsp3) is 0.286. The summed E-state index contributed by atoms with van der Waals surface area (Å²) in [5, 5.41) is 0. The summed E-state index contributed by atoms with van der Waals surface area (Å²) in [7, 11) is 0. The first kappa shape index (κ1) is 5.19. The van der Waals surface area contributed by atoms with E-state index in [1.54, 1.807) is 0 Å². The molecule has 0 radical (unpaired) electrons. The van der Waals surface area contributed by atoms with E-state index in [2.05, 4.69) is 20.9 Å². The molecule has 1 aromatic heterocycles. The lowest BCUT2D eigenvalue weighted by atomic mass is 10.2. The minimum Gasteiger partial charge on any atom is -0.249 e. The smallest absolute Gasteiger partial charge is 0.249 e. The molecule has 0 aliphatic carbocycles. The molecule has 0 unspecified atom stereocenters. The SMILES string of the molecule is [2H]C([2H])([2H])C(F)(F)c1cccnc1Br. The lowest BCUT2D eigenvalue weighted by Gasteiger charge is -2.10. The second kappa shape index (κ2) is 2.85. The van der Waals surface area contributed by atoms with Gasteiger partial charge >= 0.3 is 0 Å². The second-order valence-corrected chi connectivity index (χ2v) is 2.67. The van der Waals surface area contributed by atoms with E-state index >= 15 is 0 Å². The molecular weight excluding hydrogens is 216 g/mol. The average molecular weight is 225 g/mol. The highest BCUT2D eigenvalue weighted by atomic mass is 79.9. The Morgan fingerprint density at radius 1 is 1.73 bits per heavy atom. The number of pyridine rings is 1. The summed E-state index contributed by atoms with van der Waals surface area (Å²) in [5.74, 6) is -3.89. The summed E-state index contributed by atoms with van der Waals surface area (Å²) in [6.45, 7) is -3.36. The van der Waals surface area contributed by atoms with E-state index in [1.807, 2.05) is 0 Å². The van der Waals surface area contributed by atoms with Crippen molar-refractivity contribution in [3.63, 3.8) is 0 Å². The highest BCUT2D eigenvalue weighted by Gasteiger charge is 2.26. The summed E-state index contributed by atoms with van der Waals surface area (Å²) in [5.41, 5.74) is -0.625. The van der Waals surface area contributed by atoms with Crippen molar-refractivity contribution in [1.82, 2.24) is 4.98 Å². The van der Waals surface area contributed by atoms with Gasteiger partial charge in [-0.3, -0.25) is 0 Å². The van der Waals surface area contributed by atoms with Gasteiger partial charge in [-0.1, -0.05) is 0 Å². The maximum Gasteiger partial charge on any atom is 0.273 e. The van der Waals surface area contributed by atoms with Gasteiger partial charge in [-0.2, -0.15) is 0 Å². The van der Waals surface area contributed by atoms with Crippen molar-refractivity contribution in [2.75, 3.05) is 0 Å². The van der Waals surface area contributed by atoms with E-state index in [4.69, 9.17) is 4.11 Å². The van der Waals surface area contributed by atoms with Gasteiger partial charge in [0.25, 0.3) is 5.92 Å². The van der Waals surface area contributed by atoms with Crippen LogP contribution in [0.2, 0.25) is 0 Å². The van der Waals surface area contributed by atoms with E-state index < -0.39 is 18.3 Å². The number of hydrogen-bond acceptors (Lipinski definition) is 1. The Morgan fingerprint density at radius 3 is 3.00 bits per heavy atom. The minimum atomic E-state index is -3.89. The molecule has 60 valence electrons. The third kappa shape index (κ3) is 1.96. The number of rotatable bonds is 1. The Balaban J connectivity index is 3.23. The summed E-state index contributed by atoms with van der Waals surface area (Å²) in [6.07, 6.45) is 1.29. The van der Waals surface area contributed by atoms with E-state index in [9.17, 15) is 8.78 Å². The molecule has 0 aromatic carbocycles. The van der Waals surface area contributed by atoms with E-state index in [-0.39, 0.29) is 4.60 Å². The maximum atomic E-state index is 13.3. The quantitative estimate of drug-likeness (QED) is 0.669. The van der Waals surface area contributed by atoms with Crippen LogP contribution in [0.15, 0.2) is 22.9 Å². The zero-order valence-electron chi connectivity index (χ0n) is 8.31. The lowest BCUT2D eigenvalue weighted by molar-refractivity contribution is 0.0163. The molecule has 0 aliphatic heterocycles. The van der Waals surface area contributed by atoms with Gasteiger partial charge in [-0.15, -0.1) is 0 Å². The molecule has 1 rings (SSSR count). The highest BCUT2D eigenvalue weighted by molar-refractivity contribution is 9.10. The first-order valence-electron chi connectivity index (χ1n) is 4.25. The molecule has 0 spiro atoms. The van der Waals surface area contributed by atoms with Crippen LogP contribution in [0.25, 0.3) is 0 Å². The van der Waals surface area contributed by atoms with E-state index in [0.29, 0.717) is 0 Å². The summed E-state index contributed by atoms with van der Waals surface area (Å²) >= 11 is 2.78. The van der Waals surface area contributed by atoms with Crippen LogP contribution in [-0.2, 0) is 5.92 Å². The van der Waals surface area contributed by atoms with Crippen LogP contribution in [-0.4, -0.2) is 4.98 Å². The van der Waals surface area contributed by atoms with E-state index in [0.717, 1.165) is 6.07 Å². The lowest BCUT2D eigenvalue weighted by Crippen LogP contribution is -2.08. The van der Waals surface area contributed by atoms with E-state index in [1.165, 1.54) is 12.3 Å². The van der Waals surface area contributed by atoms with Crippen LogP contribution in [0.3, 0.4) is 0 Å². The highest BCUT2D eigenvalue weighted by Crippen LogP contribution is 2.30. The third-order valence-electron chi connectivity index (χ3n) is 1.10. The molecule has 0 saturated carbocycles. The van der Waals surface area contributed by atoms with Crippen molar-refractivity contribution in [2.45, 2.75) is 12.8 Å². The van der Waals surface area contributed by atoms with Crippen LogP contribution in [0.4, 0.5) is 8.78 Å². The van der Waals surface area contributed by atoms with Crippen molar-refractivity contribution in [3.8, 4) is 0 Å². The summed E-state index contributed by atoms with van der Waals surface area (Å²) in [4.78, 5) is 3.55. The van der Waals surface area contributed by atoms with Crippen LogP contribution in [0.5, 0.6) is 0 Å². The number of aromatic nitrogens is 1. The molecule has 1 heterocycles. The zero-order valence-corrected chi connectivity index (χ0v) is 6.90. The zero-order chi connectivity index (χ0) is 11.0. The van der Waals surface area contributed by atoms with Crippen LogP contribution in [0.1, 0.15) is 16.5 Å². The average Bonchev–Trinajstić information content (AvgIpc) is 2.02. The van der Waals surface area contributed by atoms with Gasteiger partial charge in [0.1, 0.15) is 4.60 Å². The molecule has 0 N–H and O–H groups in total. The van der Waals surface area contributed by atoms with Gasteiger partial charge in [0.2, 0.25) is 0 Å². The fourth-order valence-corrected chi connectivity index (χ4v) is 1.12. The molecule has 0 bridgehead atoms. The molecule has 0 atom stereocenters. The standard InChI is InChI=1S/C7H6BrF2N/c1-7(9,10)5-3-2-4-11-6(5)8/h2-4H,1H3/i1D3. The number of nitrogens with zero attached hydrogens (tertiary/aromatic N) is 1. The largest absolute Gasteiger partial charge is 0.273 e. The van der Waals surface area contributed by atoms with Gasteiger partial charge in [0.15, 0.2) is 0 Å². The first-order chi connectivity index (χ1) is 6.27. The van der Waals surface area contributed by atoms with Crippen LogP contribution < -0.4 is 0 Å². The topological polar surface area (TPSA) is 12.9 Å². The van der Waals surface area contributed by atoms with Crippen molar-refractivity contribution in [3.05, 3.63) is 28.5 Å². The molecule has 0 aliphatic rings. The van der Waals surface area contributed by atoms with Gasteiger partial charge < -0.3 is 0 Å². The minimum absolute atomic E-state index is 0.152. The van der Waals surface area contributed by atoms with Crippen molar-refractivity contribution in [2.24, 2.45) is 0 Å². The van der Waals surface area contributed by atoms with Crippen molar-refractivity contribution in [1.29, 1.82) is 0 Å². The molecular formula is C7H6BrF2N. The monoisotopic (exact) mass is 224 g/mol. The van der Waals surface area contributed by atoms with Gasteiger partial charge in [0, 0.05) is 17.2 Å². The molecule has 11 heavy (non-hydrogen) atoms. The van der Waals surface area contributed by atoms with Crippen LogP contribution >= 0.6 is 15.9 Å². The predicted octanol–water partition coefficient (Wildman–Crippen LogP) is 2.96. The summed E-state index contributed by atoms with van der Waals surface area (Å²) < 4.78 is 46.5. The van der Waals surface area contributed by atoms with Gasteiger partial charge in [-0.25, -0.2) is 13.8 Å². The van der Waals surface area contributed by atoms with Crippen LogP contribution in [0, 0.1) is 0 Å². The molecule has 0 fully saturated rings. The second-order valence-electron chi connectivity index (χ2n) is 1.92. The fourth-order valence-electron chi connectivity index (χ4n) is 0.620. The maximum absolute atomic E-state index is 13.3. The molecule has 0 amide bonds. The Labute approximate surface area is 75.8 Å². The van der Waals surface area contributed by atoms with Gasteiger partial charge in [0.05, 0.1) is 5.56 Å². The molecule has 1 nitrogen and oxygen atoms in total. The number of halogens is 3. The Hall–Kier alpha value is -0.510. The normalized spacial score (nSPS) is 16.8. The molecule has 1 aromatic rings. The Bertz CT molecular complexity index is 340. The predicted molar refractivity (Wildman–Crippen MR) is 41.5 cm³/mol. The first-order valence-corrected chi connectivity index (χ1v) is 3.55. The summed E-state index contributed by atoms with van der Waals surface area (Å²) in [6, 6.07) is 2.29. The Morgan fingerprint density at radius 2 is 2.45 bits per heavy atom. The third-order valence-corrected chi connectivity index (χ3v) is 1.73. The number of hydrogen-bond donors (Lipinski definition) is 0. The molecule has 0 saturated heterocycles.